The largest absolute Gasteiger partial charge is 0.462 e. The molecule has 2 aromatic carbocycles. The zero-order valence-corrected chi connectivity index (χ0v) is 18.6. The minimum atomic E-state index is -0.407. The number of rotatable bonds is 5. The van der Waals surface area contributed by atoms with Gasteiger partial charge in [-0.1, -0.05) is 23.7 Å². The maximum absolute atomic E-state index is 13.0. The van der Waals surface area contributed by atoms with E-state index in [1.807, 2.05) is 31.2 Å². The zero-order valence-electron chi connectivity index (χ0n) is 17.9. The maximum Gasteiger partial charge on any atom is 0.338 e. The number of hydrogen-bond donors (Lipinski definition) is 0. The molecule has 0 radical (unpaired) electrons. The van der Waals surface area contributed by atoms with Gasteiger partial charge < -0.3 is 9.15 Å². The fraction of sp³-hybridized carbons (Fsp3) is 0.160. The standard InChI is InChI=1S/C25H21ClN2O4/c1-4-31-25(30)17-7-9-19(10-8-17)28-24(29)21(16(3)27-28)14-20-11-12-23(32-20)18-6-5-15(2)22(26)13-18/h5-14H,4H2,1-3H3. The number of halogens is 1. The molecule has 0 aliphatic carbocycles. The average molecular weight is 449 g/mol. The molecule has 1 aromatic heterocycles. The second-order valence-corrected chi connectivity index (χ2v) is 7.70. The Balaban J connectivity index is 1.55. The van der Waals surface area contributed by atoms with Crippen LogP contribution in [0, 0.1) is 6.92 Å². The summed E-state index contributed by atoms with van der Waals surface area (Å²) in [7, 11) is 0. The molecule has 0 fully saturated rings. The molecule has 0 saturated heterocycles. The van der Waals surface area contributed by atoms with E-state index in [2.05, 4.69) is 5.10 Å². The van der Waals surface area contributed by atoms with Gasteiger partial charge in [0.2, 0.25) is 0 Å². The number of ether oxygens (including phenoxy) is 1. The highest BCUT2D eigenvalue weighted by molar-refractivity contribution is 6.32. The topological polar surface area (TPSA) is 72.1 Å². The predicted molar refractivity (Wildman–Crippen MR) is 125 cm³/mol. The van der Waals surface area contributed by atoms with Gasteiger partial charge in [0.15, 0.2) is 0 Å². The van der Waals surface area contributed by atoms with Gasteiger partial charge in [0.05, 0.1) is 29.1 Å². The van der Waals surface area contributed by atoms with Crippen molar-refractivity contribution in [3.63, 3.8) is 0 Å². The van der Waals surface area contributed by atoms with Crippen molar-refractivity contribution in [1.29, 1.82) is 0 Å². The van der Waals surface area contributed by atoms with Gasteiger partial charge in [-0.3, -0.25) is 4.79 Å². The Labute approximate surface area is 190 Å². The number of amides is 1. The Bertz CT molecular complexity index is 1260. The molecule has 0 saturated carbocycles. The van der Waals surface area contributed by atoms with Crippen LogP contribution in [0.5, 0.6) is 0 Å². The minimum absolute atomic E-state index is 0.275. The molecule has 0 bridgehead atoms. The second-order valence-electron chi connectivity index (χ2n) is 7.29. The number of benzene rings is 2. The van der Waals surface area contributed by atoms with E-state index < -0.39 is 5.97 Å². The van der Waals surface area contributed by atoms with E-state index in [9.17, 15) is 9.59 Å². The first-order chi connectivity index (χ1) is 15.4. The molecule has 0 spiro atoms. The van der Waals surface area contributed by atoms with E-state index >= 15 is 0 Å². The number of hydrazone groups is 1. The maximum atomic E-state index is 13.0. The van der Waals surface area contributed by atoms with Crippen LogP contribution in [0.1, 0.15) is 35.5 Å². The number of hydrogen-bond acceptors (Lipinski definition) is 5. The number of carbonyl (C=O) groups is 2. The fourth-order valence-electron chi connectivity index (χ4n) is 3.29. The Morgan fingerprint density at radius 3 is 2.56 bits per heavy atom. The first-order valence-electron chi connectivity index (χ1n) is 10.1. The van der Waals surface area contributed by atoms with Crippen molar-refractivity contribution in [2.75, 3.05) is 11.6 Å². The Kier molecular flexibility index (Phi) is 5.97. The molecule has 1 aliphatic heterocycles. The molecule has 6 nitrogen and oxygen atoms in total. The third kappa shape index (κ3) is 4.22. The monoisotopic (exact) mass is 448 g/mol. The molecule has 0 unspecified atom stereocenters. The summed E-state index contributed by atoms with van der Waals surface area (Å²) in [5, 5.41) is 6.34. The molecule has 162 valence electrons. The number of carbonyl (C=O) groups excluding carboxylic acids is 2. The Morgan fingerprint density at radius 2 is 1.88 bits per heavy atom. The summed E-state index contributed by atoms with van der Waals surface area (Å²) in [4.78, 5) is 24.8. The highest BCUT2D eigenvalue weighted by Gasteiger charge is 2.29. The lowest BCUT2D eigenvalue weighted by Gasteiger charge is -2.12. The van der Waals surface area contributed by atoms with E-state index in [4.69, 9.17) is 20.8 Å². The average Bonchev–Trinajstić information content (AvgIpc) is 3.36. The van der Waals surface area contributed by atoms with Crippen LogP contribution in [0.15, 0.2) is 69.7 Å². The third-order valence-corrected chi connectivity index (χ3v) is 5.46. The smallest absolute Gasteiger partial charge is 0.338 e. The minimum Gasteiger partial charge on any atom is -0.462 e. The number of aryl methyl sites for hydroxylation is 1. The summed E-state index contributed by atoms with van der Waals surface area (Å²) in [5.41, 5.74) is 3.82. The summed E-state index contributed by atoms with van der Waals surface area (Å²) in [6.45, 7) is 5.75. The van der Waals surface area contributed by atoms with Crippen LogP contribution in [0.3, 0.4) is 0 Å². The van der Waals surface area contributed by atoms with Crippen molar-refractivity contribution in [1.82, 2.24) is 0 Å². The fourth-order valence-corrected chi connectivity index (χ4v) is 3.47. The molecular formula is C25H21ClN2O4. The molecule has 32 heavy (non-hydrogen) atoms. The number of furan rings is 1. The lowest BCUT2D eigenvalue weighted by Crippen LogP contribution is -2.21. The first-order valence-corrected chi connectivity index (χ1v) is 10.5. The van der Waals surface area contributed by atoms with Crippen molar-refractivity contribution < 1.29 is 18.7 Å². The molecule has 2 heterocycles. The second kappa shape index (κ2) is 8.85. The van der Waals surface area contributed by atoms with Crippen molar-refractivity contribution >= 4 is 41.0 Å². The van der Waals surface area contributed by atoms with Gasteiger partial charge in [-0.2, -0.15) is 10.1 Å². The van der Waals surface area contributed by atoms with Crippen molar-refractivity contribution in [3.8, 4) is 11.3 Å². The molecule has 0 atom stereocenters. The Hall–Kier alpha value is -3.64. The van der Waals surface area contributed by atoms with Gasteiger partial charge in [-0.25, -0.2) is 4.79 Å². The van der Waals surface area contributed by atoms with Crippen LogP contribution in [-0.2, 0) is 9.53 Å². The Morgan fingerprint density at radius 1 is 1.12 bits per heavy atom. The summed E-state index contributed by atoms with van der Waals surface area (Å²) in [5.74, 6) is 0.512. The molecule has 1 aliphatic rings. The quantitative estimate of drug-likeness (QED) is 0.360. The summed E-state index contributed by atoms with van der Waals surface area (Å²) in [6, 6.07) is 15.9. The molecule has 1 amide bonds. The van der Waals surface area contributed by atoms with E-state index in [1.165, 1.54) is 5.01 Å². The van der Waals surface area contributed by atoms with Gasteiger partial charge in [0.25, 0.3) is 5.91 Å². The summed E-state index contributed by atoms with van der Waals surface area (Å²) in [6.07, 6.45) is 1.67. The molecular weight excluding hydrogens is 428 g/mol. The van der Waals surface area contributed by atoms with Gasteiger partial charge in [-0.05, 0) is 74.9 Å². The molecule has 7 heteroatoms. The third-order valence-electron chi connectivity index (χ3n) is 5.06. The van der Waals surface area contributed by atoms with Gasteiger partial charge >= 0.3 is 5.97 Å². The number of anilines is 1. The molecule has 3 aromatic rings. The molecule has 4 rings (SSSR count). The van der Waals surface area contributed by atoms with E-state index in [1.54, 1.807) is 50.3 Å². The van der Waals surface area contributed by atoms with Crippen LogP contribution in [0.4, 0.5) is 5.69 Å². The number of nitrogens with zero attached hydrogens (tertiary/aromatic N) is 2. The zero-order chi connectivity index (χ0) is 22.8. The van der Waals surface area contributed by atoms with E-state index in [0.29, 0.717) is 45.7 Å². The predicted octanol–water partition coefficient (Wildman–Crippen LogP) is 5.89. The highest BCUT2D eigenvalue weighted by Crippen LogP contribution is 2.29. The number of esters is 1. The van der Waals surface area contributed by atoms with Crippen LogP contribution in [-0.4, -0.2) is 24.2 Å². The van der Waals surface area contributed by atoms with Gasteiger partial charge in [0.1, 0.15) is 11.5 Å². The highest BCUT2D eigenvalue weighted by atomic mass is 35.5. The summed E-state index contributed by atoms with van der Waals surface area (Å²) < 4.78 is 10.9. The van der Waals surface area contributed by atoms with Crippen LogP contribution in [0.25, 0.3) is 17.4 Å². The summed E-state index contributed by atoms with van der Waals surface area (Å²) >= 11 is 6.22. The van der Waals surface area contributed by atoms with Crippen molar-refractivity contribution in [2.45, 2.75) is 20.8 Å². The SMILES string of the molecule is CCOC(=O)c1ccc(N2N=C(C)C(=Cc3ccc(-c4ccc(C)c(Cl)c4)o3)C2=O)cc1. The van der Waals surface area contributed by atoms with Crippen LogP contribution < -0.4 is 5.01 Å². The normalized spacial score (nSPS) is 14.8. The first kappa shape index (κ1) is 21.6. The van der Waals surface area contributed by atoms with E-state index in [0.717, 1.165) is 11.1 Å². The lowest BCUT2D eigenvalue weighted by atomic mass is 10.1. The van der Waals surface area contributed by atoms with Crippen molar-refractivity contribution in [2.24, 2.45) is 5.10 Å². The van der Waals surface area contributed by atoms with Crippen LogP contribution in [0.2, 0.25) is 5.02 Å². The van der Waals surface area contributed by atoms with Gasteiger partial charge in [-0.15, -0.1) is 0 Å². The van der Waals surface area contributed by atoms with Crippen molar-refractivity contribution in [3.05, 3.63) is 82.1 Å². The van der Waals surface area contributed by atoms with Gasteiger partial charge in [0, 0.05) is 10.6 Å². The lowest BCUT2D eigenvalue weighted by molar-refractivity contribution is -0.114. The van der Waals surface area contributed by atoms with E-state index in [-0.39, 0.29) is 5.91 Å². The molecule has 0 N–H and O–H groups in total. The van der Waals surface area contributed by atoms with Crippen LogP contribution >= 0.6 is 11.6 Å².